The van der Waals surface area contributed by atoms with Crippen LogP contribution in [-0.2, 0) is 9.59 Å². The van der Waals surface area contributed by atoms with E-state index in [0.717, 1.165) is 0 Å². The molecular weight excluding hydrogens is 240 g/mol. The van der Waals surface area contributed by atoms with E-state index in [-0.39, 0.29) is 10.7 Å². The number of carbonyl (C=O) groups is 2. The van der Waals surface area contributed by atoms with Gasteiger partial charge in [0.15, 0.2) is 0 Å². The fourth-order valence-electron chi connectivity index (χ4n) is 2.88. The predicted molar refractivity (Wildman–Crippen MR) is 65.0 cm³/mol. The van der Waals surface area contributed by atoms with Crippen molar-refractivity contribution in [2.75, 3.05) is 0 Å². The SMILES string of the molecule is CC(C)(C)C12C=CC(S1)C(C(=O)O)C2C(=O)O. The van der Waals surface area contributed by atoms with Gasteiger partial charge in [0, 0.05) is 5.25 Å². The summed E-state index contributed by atoms with van der Waals surface area (Å²) in [5, 5.41) is 18.4. The first-order valence-corrected chi connectivity index (χ1v) is 6.41. The molecule has 2 bridgehead atoms. The minimum Gasteiger partial charge on any atom is -0.481 e. The molecule has 2 aliphatic heterocycles. The summed E-state index contributed by atoms with van der Waals surface area (Å²) in [6, 6.07) is 0. The van der Waals surface area contributed by atoms with Crippen LogP contribution in [0.3, 0.4) is 0 Å². The highest BCUT2D eigenvalue weighted by molar-refractivity contribution is 8.02. The maximum Gasteiger partial charge on any atom is 0.309 e. The second-order valence-electron chi connectivity index (χ2n) is 5.66. The molecule has 5 heteroatoms. The lowest BCUT2D eigenvalue weighted by molar-refractivity contribution is -0.154. The molecule has 1 fully saturated rings. The van der Waals surface area contributed by atoms with E-state index in [1.165, 1.54) is 11.8 Å². The van der Waals surface area contributed by atoms with Crippen LogP contribution in [0.25, 0.3) is 0 Å². The van der Waals surface area contributed by atoms with Crippen molar-refractivity contribution in [3.63, 3.8) is 0 Å². The second kappa shape index (κ2) is 3.51. The number of hydrogen-bond acceptors (Lipinski definition) is 3. The van der Waals surface area contributed by atoms with Crippen LogP contribution >= 0.6 is 11.8 Å². The van der Waals surface area contributed by atoms with Crippen LogP contribution in [0.15, 0.2) is 12.2 Å². The first kappa shape index (κ1) is 12.5. The minimum absolute atomic E-state index is 0.215. The first-order valence-electron chi connectivity index (χ1n) is 5.53. The molecule has 2 heterocycles. The Morgan fingerprint density at radius 1 is 1.24 bits per heavy atom. The Kier molecular flexibility index (Phi) is 2.58. The summed E-state index contributed by atoms with van der Waals surface area (Å²) < 4.78 is -0.605. The van der Waals surface area contributed by atoms with Gasteiger partial charge in [-0.1, -0.05) is 32.9 Å². The van der Waals surface area contributed by atoms with Crippen molar-refractivity contribution in [2.45, 2.75) is 30.8 Å². The summed E-state index contributed by atoms with van der Waals surface area (Å²) in [4.78, 5) is 22.7. The molecule has 4 atom stereocenters. The van der Waals surface area contributed by atoms with Gasteiger partial charge >= 0.3 is 11.9 Å². The quantitative estimate of drug-likeness (QED) is 0.738. The molecule has 2 N–H and O–H groups in total. The van der Waals surface area contributed by atoms with E-state index in [1.54, 1.807) is 0 Å². The van der Waals surface area contributed by atoms with Crippen LogP contribution < -0.4 is 0 Å². The van der Waals surface area contributed by atoms with Gasteiger partial charge < -0.3 is 10.2 Å². The van der Waals surface area contributed by atoms with Gasteiger partial charge in [-0.3, -0.25) is 9.59 Å². The van der Waals surface area contributed by atoms with E-state index < -0.39 is 28.5 Å². The monoisotopic (exact) mass is 256 g/mol. The molecule has 4 nitrogen and oxygen atoms in total. The van der Waals surface area contributed by atoms with E-state index in [9.17, 15) is 19.8 Å². The van der Waals surface area contributed by atoms with Crippen LogP contribution in [0.5, 0.6) is 0 Å². The molecule has 4 unspecified atom stereocenters. The van der Waals surface area contributed by atoms with Gasteiger partial charge in [-0.2, -0.15) is 0 Å². The Morgan fingerprint density at radius 2 is 1.82 bits per heavy atom. The van der Waals surface area contributed by atoms with Crippen LogP contribution in [0, 0.1) is 17.3 Å². The molecule has 0 aromatic carbocycles. The van der Waals surface area contributed by atoms with Gasteiger partial charge in [0.05, 0.1) is 16.6 Å². The molecule has 0 amide bonds. The third-order valence-corrected chi connectivity index (χ3v) is 5.88. The zero-order valence-corrected chi connectivity index (χ0v) is 10.8. The molecule has 0 spiro atoms. The molecule has 0 aliphatic carbocycles. The number of aliphatic carboxylic acids is 2. The van der Waals surface area contributed by atoms with Crippen molar-refractivity contribution < 1.29 is 19.8 Å². The van der Waals surface area contributed by atoms with Gasteiger partial charge in [-0.05, 0) is 5.41 Å². The van der Waals surface area contributed by atoms with Crippen LogP contribution in [0.1, 0.15) is 20.8 Å². The average Bonchev–Trinajstić information content (AvgIpc) is 2.71. The van der Waals surface area contributed by atoms with Gasteiger partial charge in [-0.15, -0.1) is 11.8 Å². The highest BCUT2D eigenvalue weighted by Crippen LogP contribution is 2.63. The first-order chi connectivity index (χ1) is 7.71. The number of rotatable bonds is 2. The molecule has 2 rings (SSSR count). The lowest BCUT2D eigenvalue weighted by atomic mass is 9.65. The topological polar surface area (TPSA) is 74.6 Å². The number of hydrogen-bond donors (Lipinski definition) is 2. The fraction of sp³-hybridized carbons (Fsp3) is 0.667. The van der Waals surface area contributed by atoms with Crippen LogP contribution in [0.2, 0.25) is 0 Å². The van der Waals surface area contributed by atoms with E-state index in [1.807, 2.05) is 32.9 Å². The van der Waals surface area contributed by atoms with Gasteiger partial charge in [-0.25, -0.2) is 0 Å². The molecule has 1 saturated heterocycles. The molecule has 17 heavy (non-hydrogen) atoms. The maximum atomic E-state index is 11.4. The molecule has 0 aromatic heterocycles. The Morgan fingerprint density at radius 3 is 2.24 bits per heavy atom. The highest BCUT2D eigenvalue weighted by atomic mass is 32.2. The Hall–Kier alpha value is -0.970. The number of fused-ring (bicyclic) bond motifs is 2. The van der Waals surface area contributed by atoms with E-state index in [0.29, 0.717) is 0 Å². The lowest BCUT2D eigenvalue weighted by Gasteiger charge is -2.41. The molecule has 94 valence electrons. The predicted octanol–water partition coefficient (Wildman–Crippen LogP) is 1.86. The normalized spacial score (nSPS) is 39.6. The van der Waals surface area contributed by atoms with E-state index in [2.05, 4.69) is 0 Å². The van der Waals surface area contributed by atoms with Crippen LogP contribution in [0.4, 0.5) is 0 Å². The lowest BCUT2D eigenvalue weighted by Crippen LogP contribution is -2.49. The minimum atomic E-state index is -1.01. The third-order valence-electron chi connectivity index (χ3n) is 3.76. The van der Waals surface area contributed by atoms with Crippen molar-refractivity contribution in [3.8, 4) is 0 Å². The van der Waals surface area contributed by atoms with Crippen molar-refractivity contribution in [1.82, 2.24) is 0 Å². The zero-order chi connectivity index (χ0) is 13.0. The smallest absolute Gasteiger partial charge is 0.309 e. The van der Waals surface area contributed by atoms with Crippen molar-refractivity contribution in [3.05, 3.63) is 12.2 Å². The Balaban J connectivity index is 2.52. The summed E-state index contributed by atoms with van der Waals surface area (Å²) in [5.74, 6) is -3.68. The summed E-state index contributed by atoms with van der Waals surface area (Å²) in [6.07, 6.45) is 3.76. The summed E-state index contributed by atoms with van der Waals surface area (Å²) in [5.41, 5.74) is -0.282. The van der Waals surface area contributed by atoms with E-state index in [4.69, 9.17) is 0 Å². The van der Waals surface area contributed by atoms with Gasteiger partial charge in [0.25, 0.3) is 0 Å². The van der Waals surface area contributed by atoms with Crippen molar-refractivity contribution in [1.29, 1.82) is 0 Å². The number of carboxylic acid groups (broad SMARTS) is 2. The third kappa shape index (κ3) is 1.52. The highest BCUT2D eigenvalue weighted by Gasteiger charge is 2.65. The summed E-state index contributed by atoms with van der Waals surface area (Å²) in [6.45, 7) is 5.90. The number of carboxylic acids is 2. The molecule has 0 saturated carbocycles. The second-order valence-corrected chi connectivity index (χ2v) is 7.12. The zero-order valence-electron chi connectivity index (χ0n) is 10.0. The average molecular weight is 256 g/mol. The van der Waals surface area contributed by atoms with Crippen LogP contribution in [-0.4, -0.2) is 32.1 Å². The standard InChI is InChI=1S/C12H16O4S/c1-11(2,3)12-5-4-6(17-12)7(9(13)14)8(12)10(15)16/h4-8H,1-3H3,(H,13,14)(H,15,16). The Labute approximate surface area is 104 Å². The van der Waals surface area contributed by atoms with Crippen molar-refractivity contribution >= 4 is 23.7 Å². The number of thioether (sulfide) groups is 1. The molecule has 0 aromatic rings. The molecule has 2 aliphatic rings. The molecular formula is C12H16O4S. The molecule has 0 radical (unpaired) electrons. The largest absolute Gasteiger partial charge is 0.481 e. The van der Waals surface area contributed by atoms with Gasteiger partial charge in [0.1, 0.15) is 0 Å². The maximum absolute atomic E-state index is 11.4. The van der Waals surface area contributed by atoms with E-state index >= 15 is 0 Å². The Bertz CT molecular complexity index is 409. The van der Waals surface area contributed by atoms with Crippen molar-refractivity contribution in [2.24, 2.45) is 17.3 Å². The summed E-state index contributed by atoms with van der Waals surface area (Å²) >= 11 is 1.49. The summed E-state index contributed by atoms with van der Waals surface area (Å²) in [7, 11) is 0. The van der Waals surface area contributed by atoms with Gasteiger partial charge in [0.2, 0.25) is 0 Å². The fourth-order valence-corrected chi connectivity index (χ4v) is 4.81.